The molecule has 11 heteroatoms. The van der Waals surface area contributed by atoms with Gasteiger partial charge in [0.05, 0.1) is 19.5 Å². The Morgan fingerprint density at radius 3 is 3.00 bits per heavy atom. The molecular weight excluding hydrogens is 370 g/mol. The number of imidazole rings is 1. The van der Waals surface area contributed by atoms with E-state index in [1.165, 1.54) is 6.33 Å². The van der Waals surface area contributed by atoms with Crippen molar-refractivity contribution in [3.05, 3.63) is 6.33 Å². The summed E-state index contributed by atoms with van der Waals surface area (Å²) in [5, 5.41) is 13.3. The normalized spacial score (nSPS) is 27.2. The molecule has 2 aliphatic heterocycles. The number of ether oxygens (including phenoxy) is 4. The second-order valence-electron chi connectivity index (χ2n) is 6.93. The Kier molecular flexibility index (Phi) is 5.15. The number of carbonyl (C=O) groups is 1. The average Bonchev–Trinajstić information content (AvgIpc) is 3.23. The molecule has 2 N–H and O–H groups in total. The molecule has 2 aromatic rings. The van der Waals surface area contributed by atoms with Crippen molar-refractivity contribution in [1.29, 1.82) is 0 Å². The lowest BCUT2D eigenvalue weighted by Crippen LogP contribution is -2.41. The molecule has 11 nitrogen and oxygen atoms in total. The van der Waals surface area contributed by atoms with Crippen molar-refractivity contribution in [2.24, 2.45) is 5.92 Å². The zero-order chi connectivity index (χ0) is 19.8. The summed E-state index contributed by atoms with van der Waals surface area (Å²) >= 11 is 0. The molecule has 0 radical (unpaired) electrons. The van der Waals surface area contributed by atoms with E-state index in [0.717, 1.165) is 0 Å². The predicted molar refractivity (Wildman–Crippen MR) is 95.6 cm³/mol. The van der Waals surface area contributed by atoms with Gasteiger partial charge in [0.15, 0.2) is 17.4 Å². The molecule has 0 aromatic carbocycles. The Bertz CT molecular complexity index is 871. The van der Waals surface area contributed by atoms with Gasteiger partial charge >= 0.3 is 0 Å². The van der Waals surface area contributed by atoms with Gasteiger partial charge in [-0.2, -0.15) is 9.97 Å². The number of rotatable bonds is 5. The van der Waals surface area contributed by atoms with Crippen molar-refractivity contribution < 1.29 is 28.8 Å². The Balaban J connectivity index is 1.73. The van der Waals surface area contributed by atoms with Gasteiger partial charge in [0.25, 0.3) is 0 Å². The standard InChI is InChI=1S/C17H23N5O6/c1-4-26-15-10-13(19-17(21-15)20-14(24)8(2)3)22(6-18-10)16-11(23)12-9(28-16)5-25-7-27-12/h6,8-9,11-12,16,23H,4-5,7H2,1-3H3,(H,19,20,21,24)/t9-,11-,12-,16-/m1/s1. The predicted octanol–water partition coefficient (Wildman–Crippen LogP) is 0.451. The molecule has 2 aliphatic rings. The molecule has 2 saturated heterocycles. The molecular formula is C17H23N5O6. The Labute approximate surface area is 161 Å². The van der Waals surface area contributed by atoms with Gasteiger partial charge in [-0.15, -0.1) is 0 Å². The molecule has 0 saturated carbocycles. The third-order valence-corrected chi connectivity index (χ3v) is 4.64. The molecule has 28 heavy (non-hydrogen) atoms. The first kappa shape index (κ1) is 19.0. The maximum absolute atomic E-state index is 12.1. The minimum Gasteiger partial charge on any atom is -0.476 e. The fourth-order valence-electron chi connectivity index (χ4n) is 3.20. The number of amides is 1. The fourth-order valence-corrected chi connectivity index (χ4v) is 3.20. The number of aromatic nitrogens is 4. The lowest BCUT2D eigenvalue weighted by molar-refractivity contribution is -0.189. The van der Waals surface area contributed by atoms with E-state index in [-0.39, 0.29) is 36.6 Å². The molecule has 2 fully saturated rings. The quantitative estimate of drug-likeness (QED) is 0.743. The van der Waals surface area contributed by atoms with Crippen molar-refractivity contribution in [1.82, 2.24) is 19.5 Å². The van der Waals surface area contributed by atoms with E-state index in [2.05, 4.69) is 20.3 Å². The molecule has 1 amide bonds. The highest BCUT2D eigenvalue weighted by Crippen LogP contribution is 2.36. The molecule has 0 bridgehead atoms. The maximum atomic E-state index is 12.1. The number of anilines is 1. The summed E-state index contributed by atoms with van der Waals surface area (Å²) in [4.78, 5) is 25.1. The van der Waals surface area contributed by atoms with Crippen molar-refractivity contribution in [3.8, 4) is 5.88 Å². The van der Waals surface area contributed by atoms with Gasteiger partial charge < -0.3 is 24.1 Å². The van der Waals surface area contributed by atoms with Crippen LogP contribution in [0.3, 0.4) is 0 Å². The monoisotopic (exact) mass is 393 g/mol. The highest BCUT2D eigenvalue weighted by atomic mass is 16.7. The van der Waals surface area contributed by atoms with E-state index in [0.29, 0.717) is 24.4 Å². The number of nitrogens with zero attached hydrogens (tertiary/aromatic N) is 4. The molecule has 4 heterocycles. The van der Waals surface area contributed by atoms with E-state index < -0.39 is 18.4 Å². The van der Waals surface area contributed by atoms with E-state index >= 15 is 0 Å². The maximum Gasteiger partial charge on any atom is 0.247 e. The molecule has 0 aliphatic carbocycles. The summed E-state index contributed by atoms with van der Waals surface area (Å²) in [6.45, 7) is 6.18. The largest absolute Gasteiger partial charge is 0.476 e. The van der Waals surface area contributed by atoms with Crippen molar-refractivity contribution in [2.75, 3.05) is 25.3 Å². The summed E-state index contributed by atoms with van der Waals surface area (Å²) in [6, 6.07) is 0. The van der Waals surface area contributed by atoms with Crippen LogP contribution in [0.2, 0.25) is 0 Å². The van der Waals surface area contributed by atoms with Gasteiger partial charge in [0.1, 0.15) is 25.1 Å². The number of hydrogen-bond acceptors (Lipinski definition) is 9. The molecule has 0 unspecified atom stereocenters. The minimum absolute atomic E-state index is 0.0980. The Morgan fingerprint density at radius 1 is 1.46 bits per heavy atom. The summed E-state index contributed by atoms with van der Waals surface area (Å²) < 4.78 is 23.8. The van der Waals surface area contributed by atoms with Crippen LogP contribution in [-0.2, 0) is 19.0 Å². The van der Waals surface area contributed by atoms with Crippen molar-refractivity contribution >= 4 is 23.0 Å². The highest BCUT2D eigenvalue weighted by molar-refractivity contribution is 5.91. The molecule has 0 spiro atoms. The summed E-state index contributed by atoms with van der Waals surface area (Å²) in [5.41, 5.74) is 0.786. The number of aliphatic hydroxyl groups excluding tert-OH is 1. The lowest BCUT2D eigenvalue weighted by Gasteiger charge is -2.25. The second-order valence-corrected chi connectivity index (χ2v) is 6.93. The van der Waals surface area contributed by atoms with E-state index in [1.54, 1.807) is 18.4 Å². The van der Waals surface area contributed by atoms with Crippen LogP contribution in [0, 0.1) is 5.92 Å². The zero-order valence-corrected chi connectivity index (χ0v) is 15.9. The number of fused-ring (bicyclic) bond motifs is 2. The van der Waals surface area contributed by atoms with E-state index in [1.807, 2.05) is 6.92 Å². The minimum atomic E-state index is -0.925. The van der Waals surface area contributed by atoms with Crippen LogP contribution in [0.15, 0.2) is 6.33 Å². The van der Waals surface area contributed by atoms with E-state index in [4.69, 9.17) is 18.9 Å². The SMILES string of the molecule is CCOc1nc(NC(=O)C(C)C)nc2c1ncn2[C@@H]1O[C@@H]2COCO[C@H]2[C@H]1O. The first-order valence-corrected chi connectivity index (χ1v) is 9.20. The van der Waals surface area contributed by atoms with Crippen LogP contribution < -0.4 is 10.1 Å². The summed E-state index contributed by atoms with van der Waals surface area (Å²) in [5.74, 6) is -0.114. The van der Waals surface area contributed by atoms with Gasteiger partial charge in [-0.25, -0.2) is 4.98 Å². The molecule has 4 rings (SSSR count). The van der Waals surface area contributed by atoms with Gasteiger partial charge in [-0.3, -0.25) is 14.7 Å². The number of aliphatic hydroxyl groups is 1. The average molecular weight is 393 g/mol. The van der Waals surface area contributed by atoms with Crippen LogP contribution in [0.25, 0.3) is 11.2 Å². The van der Waals surface area contributed by atoms with Crippen LogP contribution in [0.4, 0.5) is 5.95 Å². The second kappa shape index (κ2) is 7.59. The number of nitrogens with one attached hydrogen (secondary N) is 1. The summed E-state index contributed by atoms with van der Waals surface area (Å²) in [6.07, 6.45) is -1.07. The molecule has 152 valence electrons. The number of carbonyl (C=O) groups excluding carboxylic acids is 1. The van der Waals surface area contributed by atoms with Crippen molar-refractivity contribution in [3.63, 3.8) is 0 Å². The van der Waals surface area contributed by atoms with E-state index in [9.17, 15) is 9.90 Å². The first-order chi connectivity index (χ1) is 13.5. The fraction of sp³-hybridized carbons (Fsp3) is 0.647. The van der Waals surface area contributed by atoms with Crippen LogP contribution >= 0.6 is 0 Å². The Hall–Kier alpha value is -2.34. The topological polar surface area (TPSA) is 130 Å². The number of hydrogen-bond donors (Lipinski definition) is 2. The van der Waals surface area contributed by atoms with Crippen LogP contribution in [0.1, 0.15) is 27.0 Å². The third-order valence-electron chi connectivity index (χ3n) is 4.64. The molecule has 2 aromatic heterocycles. The van der Waals surface area contributed by atoms with Gasteiger partial charge in [-0.05, 0) is 6.92 Å². The van der Waals surface area contributed by atoms with Gasteiger partial charge in [0, 0.05) is 5.92 Å². The van der Waals surface area contributed by atoms with Gasteiger partial charge in [-0.1, -0.05) is 13.8 Å². The molecule has 4 atom stereocenters. The Morgan fingerprint density at radius 2 is 2.29 bits per heavy atom. The smallest absolute Gasteiger partial charge is 0.247 e. The van der Waals surface area contributed by atoms with Crippen molar-refractivity contribution in [2.45, 2.75) is 45.3 Å². The lowest BCUT2D eigenvalue weighted by atomic mass is 10.1. The van der Waals surface area contributed by atoms with Crippen LogP contribution in [-0.4, -0.2) is 68.9 Å². The highest BCUT2D eigenvalue weighted by Gasteiger charge is 2.47. The van der Waals surface area contributed by atoms with Gasteiger partial charge in [0.2, 0.25) is 17.7 Å². The summed E-state index contributed by atoms with van der Waals surface area (Å²) in [7, 11) is 0. The first-order valence-electron chi connectivity index (χ1n) is 9.20. The van der Waals surface area contributed by atoms with Crippen LogP contribution in [0.5, 0.6) is 5.88 Å². The third kappa shape index (κ3) is 3.30. The zero-order valence-electron chi connectivity index (χ0n) is 15.9.